The first-order valence-electron chi connectivity index (χ1n) is 9.05. The number of amides is 1. The molecule has 0 spiro atoms. The standard InChI is InChI=1S/C20H18F2N6O2/c1-27-17-4-3-12(5-14(17)9-23-27)8-19(29)25-18-10-24-28(26-18)11-13-6-15(21)20(30-2)16(22)7-13/h3-7,9-10H,8,11H2,1-2H3,(H,25,26,29). The molecule has 0 saturated carbocycles. The van der Waals surface area contributed by atoms with E-state index in [0.717, 1.165) is 28.6 Å². The van der Waals surface area contributed by atoms with Gasteiger partial charge in [-0.25, -0.2) is 8.78 Å². The lowest BCUT2D eigenvalue weighted by Crippen LogP contribution is -2.15. The fourth-order valence-electron chi connectivity index (χ4n) is 3.19. The molecule has 0 fully saturated rings. The van der Waals surface area contributed by atoms with Crippen molar-refractivity contribution in [3.8, 4) is 5.75 Å². The van der Waals surface area contributed by atoms with Gasteiger partial charge >= 0.3 is 0 Å². The number of carbonyl (C=O) groups is 1. The van der Waals surface area contributed by atoms with Crippen LogP contribution in [-0.4, -0.2) is 37.8 Å². The van der Waals surface area contributed by atoms with Gasteiger partial charge in [0.05, 0.1) is 38.0 Å². The molecule has 8 nitrogen and oxygen atoms in total. The Hall–Kier alpha value is -3.82. The maximum Gasteiger partial charge on any atom is 0.230 e. The highest BCUT2D eigenvalue weighted by Gasteiger charge is 2.13. The van der Waals surface area contributed by atoms with Crippen molar-refractivity contribution in [1.82, 2.24) is 24.8 Å². The highest BCUT2D eigenvalue weighted by molar-refractivity contribution is 5.92. The molecule has 4 rings (SSSR count). The molecule has 0 aliphatic carbocycles. The van der Waals surface area contributed by atoms with Crippen LogP contribution in [0, 0.1) is 11.6 Å². The van der Waals surface area contributed by atoms with Crippen LogP contribution >= 0.6 is 0 Å². The highest BCUT2D eigenvalue weighted by atomic mass is 19.1. The molecular weight excluding hydrogens is 394 g/mol. The molecule has 2 aromatic carbocycles. The van der Waals surface area contributed by atoms with Gasteiger partial charge in [-0.15, -0.1) is 5.10 Å². The molecule has 2 aromatic heterocycles. The summed E-state index contributed by atoms with van der Waals surface area (Å²) in [6.45, 7) is 0.0331. The van der Waals surface area contributed by atoms with Crippen molar-refractivity contribution in [2.75, 3.05) is 12.4 Å². The van der Waals surface area contributed by atoms with E-state index >= 15 is 0 Å². The zero-order chi connectivity index (χ0) is 21.3. The minimum absolute atomic E-state index is 0.0331. The largest absolute Gasteiger partial charge is 0.491 e. The summed E-state index contributed by atoms with van der Waals surface area (Å²) in [5, 5.41) is 15.9. The fourth-order valence-corrected chi connectivity index (χ4v) is 3.19. The van der Waals surface area contributed by atoms with Crippen LogP contribution in [0.5, 0.6) is 5.75 Å². The number of ether oxygens (including phenoxy) is 1. The molecule has 0 unspecified atom stereocenters. The number of anilines is 1. The van der Waals surface area contributed by atoms with Crippen LogP contribution in [0.3, 0.4) is 0 Å². The minimum atomic E-state index is -0.807. The van der Waals surface area contributed by atoms with E-state index in [-0.39, 0.29) is 24.7 Å². The van der Waals surface area contributed by atoms with Crippen molar-refractivity contribution < 1.29 is 18.3 Å². The number of hydrogen-bond acceptors (Lipinski definition) is 5. The molecule has 1 amide bonds. The number of carbonyl (C=O) groups excluding carboxylic acids is 1. The van der Waals surface area contributed by atoms with Crippen molar-refractivity contribution >= 4 is 22.6 Å². The van der Waals surface area contributed by atoms with Gasteiger partial charge in [0.2, 0.25) is 5.91 Å². The molecule has 0 atom stereocenters. The van der Waals surface area contributed by atoms with Gasteiger partial charge in [0.25, 0.3) is 0 Å². The second-order valence-corrected chi connectivity index (χ2v) is 6.74. The molecule has 1 N–H and O–H groups in total. The summed E-state index contributed by atoms with van der Waals surface area (Å²) in [5.74, 6) is -2.06. The molecule has 2 heterocycles. The lowest BCUT2D eigenvalue weighted by Gasteiger charge is -2.06. The summed E-state index contributed by atoms with van der Waals surface area (Å²) in [6, 6.07) is 7.99. The van der Waals surface area contributed by atoms with Crippen molar-refractivity contribution in [3.63, 3.8) is 0 Å². The van der Waals surface area contributed by atoms with Gasteiger partial charge in [0, 0.05) is 12.4 Å². The van der Waals surface area contributed by atoms with E-state index in [1.165, 1.54) is 18.1 Å². The average molecular weight is 412 g/mol. The molecule has 0 bridgehead atoms. The van der Waals surface area contributed by atoms with Crippen molar-refractivity contribution in [2.24, 2.45) is 7.05 Å². The summed E-state index contributed by atoms with van der Waals surface area (Å²) < 4.78 is 34.1. The maximum atomic E-state index is 13.8. The molecule has 4 aromatic rings. The van der Waals surface area contributed by atoms with Crippen molar-refractivity contribution in [2.45, 2.75) is 13.0 Å². The van der Waals surface area contributed by atoms with Gasteiger partial charge in [0.1, 0.15) is 0 Å². The third-order valence-corrected chi connectivity index (χ3v) is 4.57. The Labute approximate surface area is 170 Å². The molecule has 0 aliphatic rings. The van der Waals surface area contributed by atoms with E-state index < -0.39 is 17.4 Å². The van der Waals surface area contributed by atoms with Gasteiger partial charge in [-0.05, 0) is 35.4 Å². The second kappa shape index (κ2) is 7.90. The number of benzene rings is 2. The summed E-state index contributed by atoms with van der Waals surface area (Å²) in [4.78, 5) is 13.6. The van der Waals surface area contributed by atoms with Gasteiger partial charge in [-0.1, -0.05) is 6.07 Å². The number of aryl methyl sites for hydroxylation is 1. The molecule has 10 heteroatoms. The molecule has 154 valence electrons. The minimum Gasteiger partial charge on any atom is -0.491 e. The number of methoxy groups -OCH3 is 1. The van der Waals surface area contributed by atoms with Crippen LogP contribution < -0.4 is 10.1 Å². The van der Waals surface area contributed by atoms with Crippen LogP contribution in [0.15, 0.2) is 42.7 Å². The number of nitrogens with one attached hydrogen (secondary N) is 1. The zero-order valence-electron chi connectivity index (χ0n) is 16.3. The van der Waals surface area contributed by atoms with Crippen molar-refractivity contribution in [1.29, 1.82) is 0 Å². The quantitative estimate of drug-likeness (QED) is 0.526. The SMILES string of the molecule is COc1c(F)cc(Cn2ncc(NC(=O)Cc3ccc4c(cnn4C)c3)n2)cc1F. The summed E-state index contributed by atoms with van der Waals surface area (Å²) >= 11 is 0. The van der Waals surface area contributed by atoms with Crippen LogP contribution in [0.1, 0.15) is 11.1 Å². The summed E-state index contributed by atoms with van der Waals surface area (Å²) in [5.41, 5.74) is 2.14. The number of halogens is 2. The first-order valence-corrected chi connectivity index (χ1v) is 9.05. The number of hydrogen-bond donors (Lipinski definition) is 1. The van der Waals surface area contributed by atoms with E-state index in [1.807, 2.05) is 25.2 Å². The zero-order valence-corrected chi connectivity index (χ0v) is 16.3. The predicted molar refractivity (Wildman–Crippen MR) is 105 cm³/mol. The van der Waals surface area contributed by atoms with Crippen LogP contribution in [0.4, 0.5) is 14.6 Å². The van der Waals surface area contributed by atoms with Crippen molar-refractivity contribution in [3.05, 3.63) is 65.5 Å². The van der Waals surface area contributed by atoms with Gasteiger partial charge < -0.3 is 10.1 Å². The first kappa shape index (κ1) is 19.5. The van der Waals surface area contributed by atoms with Crippen LogP contribution in [0.2, 0.25) is 0 Å². The Bertz CT molecular complexity index is 1210. The van der Waals surface area contributed by atoms with Gasteiger partial charge in [-0.2, -0.15) is 15.0 Å². The first-order chi connectivity index (χ1) is 14.4. The highest BCUT2D eigenvalue weighted by Crippen LogP contribution is 2.23. The third kappa shape index (κ3) is 3.97. The maximum absolute atomic E-state index is 13.8. The number of fused-ring (bicyclic) bond motifs is 1. The Morgan fingerprint density at radius 3 is 2.60 bits per heavy atom. The van der Waals surface area contributed by atoms with Crippen LogP contribution in [-0.2, 0) is 24.8 Å². The van der Waals surface area contributed by atoms with E-state index in [4.69, 9.17) is 0 Å². The predicted octanol–water partition coefficient (Wildman–Crippen LogP) is 2.68. The molecule has 0 saturated heterocycles. The molecular formula is C20H18F2N6O2. The fraction of sp³-hybridized carbons (Fsp3) is 0.200. The average Bonchev–Trinajstić information content (AvgIpc) is 3.27. The van der Waals surface area contributed by atoms with E-state index in [2.05, 4.69) is 25.3 Å². The number of nitrogens with zero attached hydrogens (tertiary/aromatic N) is 5. The monoisotopic (exact) mass is 412 g/mol. The van der Waals surface area contributed by atoms with E-state index in [0.29, 0.717) is 5.56 Å². The Morgan fingerprint density at radius 2 is 1.87 bits per heavy atom. The topological polar surface area (TPSA) is 86.9 Å². The second-order valence-electron chi connectivity index (χ2n) is 6.74. The van der Waals surface area contributed by atoms with Gasteiger partial charge in [-0.3, -0.25) is 9.48 Å². The summed E-state index contributed by atoms with van der Waals surface area (Å²) in [6.07, 6.45) is 3.28. The number of rotatable bonds is 6. The molecule has 30 heavy (non-hydrogen) atoms. The lowest BCUT2D eigenvalue weighted by molar-refractivity contribution is -0.115. The van der Waals surface area contributed by atoms with E-state index in [9.17, 15) is 13.6 Å². The van der Waals surface area contributed by atoms with E-state index in [1.54, 1.807) is 10.9 Å². The Morgan fingerprint density at radius 1 is 1.10 bits per heavy atom. The van der Waals surface area contributed by atoms with Crippen LogP contribution in [0.25, 0.3) is 10.9 Å². The normalized spacial score (nSPS) is 11.1. The lowest BCUT2D eigenvalue weighted by atomic mass is 10.1. The molecule has 0 aliphatic heterocycles. The smallest absolute Gasteiger partial charge is 0.230 e. The molecule has 0 radical (unpaired) electrons. The Balaban J connectivity index is 1.40. The third-order valence-electron chi connectivity index (χ3n) is 4.57. The van der Waals surface area contributed by atoms with Gasteiger partial charge in [0.15, 0.2) is 23.2 Å². The number of aromatic nitrogens is 5. The Kier molecular flexibility index (Phi) is 5.13. The summed E-state index contributed by atoms with van der Waals surface area (Å²) in [7, 11) is 3.05.